The lowest BCUT2D eigenvalue weighted by atomic mass is 9.85. The van der Waals surface area contributed by atoms with Crippen LogP contribution in [-0.4, -0.2) is 12.5 Å². The molecular weight excluding hydrogens is 310 g/mol. The number of carbonyl (C=O) groups is 1. The largest absolute Gasteiger partial charge is 0.483 e. The Morgan fingerprint density at radius 2 is 1.78 bits per heavy atom. The number of rotatable bonds is 4. The maximum absolute atomic E-state index is 12.0. The predicted molar refractivity (Wildman–Crippen MR) is 95.5 cm³/mol. The van der Waals surface area contributed by atoms with Gasteiger partial charge in [0.05, 0.1) is 0 Å². The zero-order valence-corrected chi connectivity index (χ0v) is 14.7. The Morgan fingerprint density at radius 3 is 2.39 bits per heavy atom. The molecular formula is C19H22ClNO2. The van der Waals surface area contributed by atoms with Gasteiger partial charge >= 0.3 is 0 Å². The van der Waals surface area contributed by atoms with Gasteiger partial charge in [0.25, 0.3) is 5.91 Å². The number of carbonyl (C=O) groups excluding carboxylic acids is 1. The topological polar surface area (TPSA) is 38.3 Å². The minimum atomic E-state index is -0.201. The van der Waals surface area contributed by atoms with Crippen molar-refractivity contribution in [1.29, 1.82) is 0 Å². The number of amides is 1. The van der Waals surface area contributed by atoms with Crippen LogP contribution in [0.25, 0.3) is 0 Å². The van der Waals surface area contributed by atoms with Gasteiger partial charge in [-0.15, -0.1) is 0 Å². The lowest BCUT2D eigenvalue weighted by molar-refractivity contribution is -0.118. The van der Waals surface area contributed by atoms with Crippen LogP contribution in [-0.2, 0) is 10.2 Å². The molecule has 2 aromatic carbocycles. The summed E-state index contributed by atoms with van der Waals surface area (Å²) in [6, 6.07) is 13.0. The van der Waals surface area contributed by atoms with Crippen molar-refractivity contribution < 1.29 is 9.53 Å². The van der Waals surface area contributed by atoms with E-state index in [0.29, 0.717) is 10.7 Å². The monoisotopic (exact) mass is 331 g/mol. The van der Waals surface area contributed by atoms with E-state index in [2.05, 4.69) is 32.2 Å². The number of aryl methyl sites for hydroxylation is 1. The van der Waals surface area contributed by atoms with Gasteiger partial charge in [-0.05, 0) is 48.2 Å². The third-order valence-corrected chi connectivity index (χ3v) is 3.68. The van der Waals surface area contributed by atoms with Crippen molar-refractivity contribution in [3.8, 4) is 5.75 Å². The normalized spacial score (nSPS) is 11.2. The van der Waals surface area contributed by atoms with Crippen LogP contribution in [0.3, 0.4) is 0 Å². The Balaban J connectivity index is 2.03. The molecule has 23 heavy (non-hydrogen) atoms. The van der Waals surface area contributed by atoms with Crippen molar-refractivity contribution in [3.63, 3.8) is 0 Å². The zero-order chi connectivity index (χ0) is 17.0. The van der Waals surface area contributed by atoms with Crippen molar-refractivity contribution in [2.24, 2.45) is 0 Å². The van der Waals surface area contributed by atoms with Crippen LogP contribution in [0.1, 0.15) is 31.9 Å². The van der Waals surface area contributed by atoms with Crippen LogP contribution in [0.2, 0.25) is 5.02 Å². The SMILES string of the molecule is Cc1ccc(OCC(=O)Nc2ccc(Cl)cc2)c(C(C)(C)C)c1. The van der Waals surface area contributed by atoms with Gasteiger partial charge in [0.1, 0.15) is 5.75 Å². The molecule has 0 radical (unpaired) electrons. The van der Waals surface area contributed by atoms with Gasteiger partial charge < -0.3 is 10.1 Å². The third kappa shape index (κ3) is 5.00. The Bertz CT molecular complexity index is 688. The molecule has 1 N–H and O–H groups in total. The van der Waals surface area contributed by atoms with Crippen molar-refractivity contribution in [1.82, 2.24) is 0 Å². The van der Waals surface area contributed by atoms with E-state index in [1.54, 1.807) is 24.3 Å². The first-order chi connectivity index (χ1) is 10.8. The van der Waals surface area contributed by atoms with Crippen LogP contribution >= 0.6 is 11.6 Å². The lowest BCUT2D eigenvalue weighted by Crippen LogP contribution is -2.22. The second-order valence-electron chi connectivity index (χ2n) is 6.59. The summed E-state index contributed by atoms with van der Waals surface area (Å²) in [5.41, 5.74) is 2.92. The summed E-state index contributed by atoms with van der Waals surface area (Å²) in [6.07, 6.45) is 0. The summed E-state index contributed by atoms with van der Waals surface area (Å²) in [5, 5.41) is 3.42. The van der Waals surface area contributed by atoms with Crippen LogP contribution < -0.4 is 10.1 Å². The Hall–Kier alpha value is -2.00. The van der Waals surface area contributed by atoms with E-state index >= 15 is 0 Å². The first kappa shape index (κ1) is 17.4. The van der Waals surface area contributed by atoms with Crippen molar-refractivity contribution in [3.05, 3.63) is 58.6 Å². The fraction of sp³-hybridized carbons (Fsp3) is 0.316. The van der Waals surface area contributed by atoms with Crippen LogP contribution in [0.5, 0.6) is 5.75 Å². The molecule has 0 saturated heterocycles. The summed E-state index contributed by atoms with van der Waals surface area (Å²) < 4.78 is 5.74. The first-order valence-corrected chi connectivity index (χ1v) is 7.93. The fourth-order valence-corrected chi connectivity index (χ4v) is 2.36. The molecule has 4 heteroatoms. The number of ether oxygens (including phenoxy) is 1. The highest BCUT2D eigenvalue weighted by molar-refractivity contribution is 6.30. The molecule has 0 saturated carbocycles. The number of hydrogen-bond acceptors (Lipinski definition) is 2. The molecule has 1 amide bonds. The smallest absolute Gasteiger partial charge is 0.262 e. The molecule has 0 bridgehead atoms. The van der Waals surface area contributed by atoms with E-state index < -0.39 is 0 Å². The lowest BCUT2D eigenvalue weighted by Gasteiger charge is -2.23. The van der Waals surface area contributed by atoms with Gasteiger partial charge in [0, 0.05) is 10.7 Å². The van der Waals surface area contributed by atoms with Crippen LogP contribution in [0.15, 0.2) is 42.5 Å². The zero-order valence-electron chi connectivity index (χ0n) is 13.9. The van der Waals surface area contributed by atoms with Gasteiger partial charge in [-0.2, -0.15) is 0 Å². The van der Waals surface area contributed by atoms with E-state index in [4.69, 9.17) is 16.3 Å². The molecule has 2 aromatic rings. The number of halogens is 1. The van der Waals surface area contributed by atoms with E-state index in [-0.39, 0.29) is 17.9 Å². The van der Waals surface area contributed by atoms with E-state index in [0.717, 1.165) is 11.3 Å². The molecule has 0 aliphatic heterocycles. The third-order valence-electron chi connectivity index (χ3n) is 3.43. The van der Waals surface area contributed by atoms with Crippen molar-refractivity contribution in [2.75, 3.05) is 11.9 Å². The minimum absolute atomic E-state index is 0.0330. The standard InChI is InChI=1S/C19H22ClNO2/c1-13-5-10-17(16(11-13)19(2,3)4)23-12-18(22)21-15-8-6-14(20)7-9-15/h5-11H,12H2,1-4H3,(H,21,22). The molecule has 3 nitrogen and oxygen atoms in total. The highest BCUT2D eigenvalue weighted by atomic mass is 35.5. The maximum atomic E-state index is 12.0. The Morgan fingerprint density at radius 1 is 1.13 bits per heavy atom. The number of nitrogens with one attached hydrogen (secondary N) is 1. The molecule has 0 fully saturated rings. The highest BCUT2D eigenvalue weighted by Gasteiger charge is 2.19. The fourth-order valence-electron chi connectivity index (χ4n) is 2.23. The summed E-state index contributed by atoms with van der Waals surface area (Å²) in [6.45, 7) is 8.40. The molecule has 0 heterocycles. The van der Waals surface area contributed by atoms with E-state index in [1.807, 2.05) is 19.1 Å². The summed E-state index contributed by atoms with van der Waals surface area (Å²) >= 11 is 5.82. The molecule has 0 atom stereocenters. The van der Waals surface area contributed by atoms with Gasteiger partial charge in [-0.1, -0.05) is 50.1 Å². The maximum Gasteiger partial charge on any atom is 0.262 e. The molecule has 2 rings (SSSR count). The van der Waals surface area contributed by atoms with Crippen molar-refractivity contribution in [2.45, 2.75) is 33.1 Å². The first-order valence-electron chi connectivity index (χ1n) is 7.55. The highest BCUT2D eigenvalue weighted by Crippen LogP contribution is 2.32. The van der Waals surface area contributed by atoms with Gasteiger partial charge in [0.2, 0.25) is 0 Å². The van der Waals surface area contributed by atoms with Crippen LogP contribution in [0.4, 0.5) is 5.69 Å². The van der Waals surface area contributed by atoms with Crippen LogP contribution in [0, 0.1) is 6.92 Å². The molecule has 122 valence electrons. The molecule has 0 aromatic heterocycles. The van der Waals surface area contributed by atoms with E-state index in [9.17, 15) is 4.79 Å². The second kappa shape index (κ2) is 7.05. The number of anilines is 1. The van der Waals surface area contributed by atoms with Gasteiger partial charge in [-0.3, -0.25) is 4.79 Å². The second-order valence-corrected chi connectivity index (χ2v) is 7.03. The summed E-state index contributed by atoms with van der Waals surface area (Å²) in [4.78, 5) is 12.0. The van der Waals surface area contributed by atoms with Crippen molar-refractivity contribution >= 4 is 23.2 Å². The van der Waals surface area contributed by atoms with Gasteiger partial charge in [-0.25, -0.2) is 0 Å². The molecule has 0 spiro atoms. The average molecular weight is 332 g/mol. The molecule has 0 aliphatic rings. The molecule has 0 aliphatic carbocycles. The number of hydrogen-bond donors (Lipinski definition) is 1. The Kier molecular flexibility index (Phi) is 5.32. The molecule has 0 unspecified atom stereocenters. The summed E-state index contributed by atoms with van der Waals surface area (Å²) in [5.74, 6) is 0.544. The van der Waals surface area contributed by atoms with Gasteiger partial charge in [0.15, 0.2) is 6.61 Å². The predicted octanol–water partition coefficient (Wildman–Crippen LogP) is 4.96. The minimum Gasteiger partial charge on any atom is -0.483 e. The average Bonchev–Trinajstić information content (AvgIpc) is 2.47. The summed E-state index contributed by atoms with van der Waals surface area (Å²) in [7, 11) is 0. The Labute approximate surface area is 142 Å². The quantitative estimate of drug-likeness (QED) is 0.859. The number of benzene rings is 2. The van der Waals surface area contributed by atoms with E-state index in [1.165, 1.54) is 5.56 Å².